The second-order valence-electron chi connectivity index (χ2n) is 12.5. The van der Waals surface area contributed by atoms with Crippen molar-refractivity contribution in [2.24, 2.45) is 5.41 Å². The molecule has 0 saturated heterocycles. The standard InChI is InChI=1S/C35H41F2O10PS2/c1-34(2,33(40)43-7)17-21(38)27-13-19-25(49-27)15-23(41-5)31(29(19)36)46-11-10-12-47-32-24(42-6)16-26-20(30(32)37)14-28(50-26)22(39)18-35(3,4)48(44-8)45-9/h13-16H,10-12,17-18H2,1-9H3. The molecule has 0 fully saturated rings. The first-order valence-electron chi connectivity index (χ1n) is 15.5. The number of halogens is 2. The molecule has 0 aliphatic heterocycles. The zero-order chi connectivity index (χ0) is 37.0. The van der Waals surface area contributed by atoms with Crippen molar-refractivity contribution < 1.29 is 55.9 Å². The fraction of sp³-hybridized carbons (Fsp3) is 0.457. The lowest BCUT2D eigenvalue weighted by Crippen LogP contribution is -2.28. The summed E-state index contributed by atoms with van der Waals surface area (Å²) in [4.78, 5) is 38.9. The number of hydrogen-bond acceptors (Lipinski definition) is 12. The van der Waals surface area contributed by atoms with Gasteiger partial charge in [0.15, 0.2) is 54.6 Å². The number of esters is 1. The molecule has 0 radical (unpaired) electrons. The van der Waals surface area contributed by atoms with Gasteiger partial charge in [0.1, 0.15) is 0 Å². The highest BCUT2D eigenvalue weighted by molar-refractivity contribution is 7.49. The largest absolute Gasteiger partial charge is 0.493 e. The van der Waals surface area contributed by atoms with Crippen LogP contribution in [-0.4, -0.2) is 71.5 Å². The van der Waals surface area contributed by atoms with Crippen LogP contribution in [-0.2, 0) is 18.6 Å². The second kappa shape index (κ2) is 16.3. The quantitative estimate of drug-likeness (QED) is 0.0422. The maximum atomic E-state index is 15.8. The highest BCUT2D eigenvalue weighted by atomic mass is 32.1. The van der Waals surface area contributed by atoms with Crippen molar-refractivity contribution in [3.05, 3.63) is 45.7 Å². The third-order valence-electron chi connectivity index (χ3n) is 7.90. The fourth-order valence-corrected chi connectivity index (χ4v) is 8.86. The summed E-state index contributed by atoms with van der Waals surface area (Å²) in [6.07, 6.45) is 0.276. The molecule has 0 saturated carbocycles. The molecule has 15 heteroatoms. The minimum Gasteiger partial charge on any atom is -0.493 e. The summed E-state index contributed by atoms with van der Waals surface area (Å²) in [5.41, 5.74) is -1.05. The maximum absolute atomic E-state index is 15.8. The van der Waals surface area contributed by atoms with Gasteiger partial charge in [-0.1, -0.05) is 13.8 Å². The van der Waals surface area contributed by atoms with Crippen LogP contribution in [0.3, 0.4) is 0 Å². The van der Waals surface area contributed by atoms with Gasteiger partial charge in [0, 0.05) is 70.9 Å². The molecule has 0 atom stereocenters. The predicted octanol–water partition coefficient (Wildman–Crippen LogP) is 8.99. The molecule has 2 aromatic heterocycles. The zero-order valence-electron chi connectivity index (χ0n) is 29.4. The number of benzene rings is 2. The van der Waals surface area contributed by atoms with Crippen molar-refractivity contribution in [1.29, 1.82) is 0 Å². The van der Waals surface area contributed by atoms with Crippen molar-refractivity contribution in [3.63, 3.8) is 0 Å². The second-order valence-corrected chi connectivity index (χ2v) is 17.2. The average Bonchev–Trinajstić information content (AvgIpc) is 3.71. The van der Waals surface area contributed by atoms with E-state index < -0.39 is 36.6 Å². The molecular formula is C35H41F2O10PS2. The first kappa shape index (κ1) is 39.4. The minimum absolute atomic E-state index is 0.000254. The van der Waals surface area contributed by atoms with Gasteiger partial charge in [-0.2, -0.15) is 0 Å². The molecule has 0 N–H and O–H groups in total. The van der Waals surface area contributed by atoms with Crippen LogP contribution in [0.2, 0.25) is 0 Å². The van der Waals surface area contributed by atoms with Crippen molar-refractivity contribution in [1.82, 2.24) is 0 Å². The maximum Gasteiger partial charge on any atom is 0.311 e. The zero-order valence-corrected chi connectivity index (χ0v) is 32.0. The Hall–Kier alpha value is -3.42. The molecule has 2 heterocycles. The number of ketones is 2. The van der Waals surface area contributed by atoms with Crippen LogP contribution >= 0.6 is 31.0 Å². The number of rotatable bonds is 18. The number of carbonyl (C=O) groups is 3. The third-order valence-corrected chi connectivity index (χ3v) is 12.0. The topological polar surface area (TPSA) is 116 Å². The van der Waals surface area contributed by atoms with E-state index in [0.29, 0.717) is 14.3 Å². The van der Waals surface area contributed by atoms with E-state index >= 15 is 8.78 Å². The number of methoxy groups -OCH3 is 3. The Kier molecular flexibility index (Phi) is 12.8. The number of Topliss-reactive ketones (excluding diaryl/α,β-unsaturated/α-hetero) is 2. The summed E-state index contributed by atoms with van der Waals surface area (Å²) in [5.74, 6) is -2.33. The van der Waals surface area contributed by atoms with Crippen molar-refractivity contribution in [2.45, 2.75) is 52.1 Å². The molecule has 272 valence electrons. The van der Waals surface area contributed by atoms with Gasteiger partial charge < -0.3 is 32.7 Å². The first-order chi connectivity index (χ1) is 23.6. The number of hydrogen-bond donors (Lipinski definition) is 0. The molecule has 10 nitrogen and oxygen atoms in total. The lowest BCUT2D eigenvalue weighted by Gasteiger charge is -2.29. The lowest BCUT2D eigenvalue weighted by molar-refractivity contribution is -0.150. The summed E-state index contributed by atoms with van der Waals surface area (Å²) in [6, 6.07) is 6.16. The molecule has 0 amide bonds. The van der Waals surface area contributed by atoms with E-state index in [1.165, 1.54) is 47.7 Å². The Morgan fingerprint density at radius 2 is 1.14 bits per heavy atom. The average molecular weight is 755 g/mol. The van der Waals surface area contributed by atoms with Gasteiger partial charge in [-0.15, -0.1) is 22.7 Å². The minimum atomic E-state index is -1.30. The van der Waals surface area contributed by atoms with Crippen LogP contribution in [0.1, 0.15) is 66.3 Å². The molecule has 0 unspecified atom stereocenters. The number of fused-ring (bicyclic) bond motifs is 2. The van der Waals surface area contributed by atoms with Crippen LogP contribution in [0.25, 0.3) is 20.2 Å². The van der Waals surface area contributed by atoms with E-state index in [2.05, 4.69) is 0 Å². The summed E-state index contributed by atoms with van der Waals surface area (Å²) < 4.78 is 70.4. The smallest absolute Gasteiger partial charge is 0.311 e. The van der Waals surface area contributed by atoms with Gasteiger partial charge >= 0.3 is 5.97 Å². The van der Waals surface area contributed by atoms with Crippen molar-refractivity contribution in [3.8, 4) is 23.0 Å². The summed E-state index contributed by atoms with van der Waals surface area (Å²) >= 11 is 2.25. The molecule has 0 aliphatic rings. The third kappa shape index (κ3) is 8.37. The van der Waals surface area contributed by atoms with Crippen LogP contribution in [0.4, 0.5) is 8.78 Å². The van der Waals surface area contributed by atoms with Gasteiger partial charge in [0.05, 0.1) is 49.7 Å². The Labute approximate surface area is 298 Å². The molecule has 50 heavy (non-hydrogen) atoms. The SMILES string of the molecule is COC(=O)C(C)(C)CC(=O)c1cc2c(F)c(OCCCOc3c(OC)cc4sc(C(=O)CC(C)(C)P(OC)OC)cc4c3F)c(OC)cc2s1. The molecule has 0 spiro atoms. The highest BCUT2D eigenvalue weighted by Crippen LogP contribution is 2.53. The Bertz CT molecular complexity index is 1880. The van der Waals surface area contributed by atoms with Gasteiger partial charge in [0.25, 0.3) is 0 Å². The van der Waals surface area contributed by atoms with Crippen molar-refractivity contribution >= 4 is 68.8 Å². The number of carbonyl (C=O) groups excluding carboxylic acids is 3. The molecule has 4 aromatic rings. The van der Waals surface area contributed by atoms with Gasteiger partial charge in [0.2, 0.25) is 0 Å². The Balaban J connectivity index is 1.45. The van der Waals surface area contributed by atoms with Gasteiger partial charge in [-0.3, -0.25) is 14.4 Å². The van der Waals surface area contributed by atoms with Crippen LogP contribution < -0.4 is 18.9 Å². The fourth-order valence-electron chi connectivity index (χ4n) is 5.40. The number of thiophene rings is 2. The molecule has 2 aromatic carbocycles. The van der Waals surface area contributed by atoms with E-state index in [9.17, 15) is 14.4 Å². The van der Waals surface area contributed by atoms with E-state index in [1.807, 2.05) is 13.8 Å². The monoisotopic (exact) mass is 754 g/mol. The van der Waals surface area contributed by atoms with E-state index in [0.717, 1.165) is 22.7 Å². The molecule has 0 aliphatic carbocycles. The van der Waals surface area contributed by atoms with Crippen LogP contribution in [0.15, 0.2) is 24.3 Å². The first-order valence-corrected chi connectivity index (χ1v) is 18.3. The molecular weight excluding hydrogens is 713 g/mol. The Morgan fingerprint density at radius 1 is 0.700 bits per heavy atom. The summed E-state index contributed by atoms with van der Waals surface area (Å²) in [6.45, 7) is 6.98. The lowest BCUT2D eigenvalue weighted by atomic mass is 9.87. The molecule has 0 bridgehead atoms. The van der Waals surface area contributed by atoms with E-state index in [4.69, 9.17) is 32.7 Å². The van der Waals surface area contributed by atoms with Crippen LogP contribution in [0, 0.1) is 17.0 Å². The predicted molar refractivity (Wildman–Crippen MR) is 191 cm³/mol. The van der Waals surface area contributed by atoms with Crippen molar-refractivity contribution in [2.75, 3.05) is 48.8 Å². The highest BCUT2D eigenvalue weighted by Gasteiger charge is 2.35. The molecule has 4 rings (SSSR count). The van der Waals surface area contributed by atoms with Gasteiger partial charge in [-0.25, -0.2) is 8.78 Å². The van der Waals surface area contributed by atoms with Crippen LogP contribution in [0.5, 0.6) is 23.0 Å². The van der Waals surface area contributed by atoms with E-state index in [1.54, 1.807) is 26.0 Å². The van der Waals surface area contributed by atoms with Gasteiger partial charge in [-0.05, 0) is 26.0 Å². The summed E-state index contributed by atoms with van der Waals surface area (Å²) in [7, 11) is 5.79. The van der Waals surface area contributed by atoms with E-state index in [-0.39, 0.29) is 82.7 Å². The Morgan fingerprint density at radius 3 is 1.54 bits per heavy atom. The normalized spacial score (nSPS) is 12.1. The number of ether oxygens (including phenoxy) is 5. The summed E-state index contributed by atoms with van der Waals surface area (Å²) in [5, 5.41) is -0.156.